The maximum Gasteiger partial charge on any atom is 0.267 e. The molecule has 0 aliphatic carbocycles. The van der Waals surface area contributed by atoms with Crippen molar-refractivity contribution in [3.63, 3.8) is 0 Å². The van der Waals surface area contributed by atoms with Crippen LogP contribution in [0, 0.1) is 0 Å². The van der Waals surface area contributed by atoms with Crippen LogP contribution in [0.3, 0.4) is 0 Å². The molecule has 0 N–H and O–H groups in total. The van der Waals surface area contributed by atoms with Crippen LogP contribution in [0.15, 0.2) is 48.5 Å². The van der Waals surface area contributed by atoms with Crippen molar-refractivity contribution in [3.05, 3.63) is 54.1 Å². The minimum atomic E-state index is -0.617. The Morgan fingerprint density at radius 1 is 1.17 bits per heavy atom. The number of likely N-dealkylation sites (N-methyl/N-ethyl adjacent to an activating group) is 1. The number of fused-ring (bicyclic) bond motifs is 1. The number of amides is 1. The van der Waals surface area contributed by atoms with Gasteiger partial charge in [0.2, 0.25) is 6.10 Å². The molecule has 0 saturated carbocycles. The minimum Gasteiger partial charge on any atom is -0.497 e. The molecule has 23 heavy (non-hydrogen) atoms. The molecule has 5 heteroatoms. The summed E-state index contributed by atoms with van der Waals surface area (Å²) in [4.78, 5) is 14.2. The van der Waals surface area contributed by atoms with Crippen LogP contribution < -0.4 is 14.2 Å². The van der Waals surface area contributed by atoms with Crippen molar-refractivity contribution < 1.29 is 19.0 Å². The lowest BCUT2D eigenvalue weighted by atomic mass is 10.2. The lowest BCUT2D eigenvalue weighted by Gasteiger charge is -2.28. The van der Waals surface area contributed by atoms with Gasteiger partial charge in [-0.3, -0.25) is 4.79 Å². The number of carbonyl (C=O) groups excluding carboxylic acids is 1. The molecule has 0 fully saturated rings. The SMILES string of the molecule is COc1ccc(CN(C)C(=O)[C@H]2COc3ccccc3O2)cc1. The number of hydrogen-bond donors (Lipinski definition) is 0. The third-order valence-electron chi connectivity index (χ3n) is 3.74. The number of benzene rings is 2. The summed E-state index contributed by atoms with van der Waals surface area (Å²) < 4.78 is 16.5. The summed E-state index contributed by atoms with van der Waals surface area (Å²) in [6, 6.07) is 15.0. The number of methoxy groups -OCH3 is 1. The van der Waals surface area contributed by atoms with Gasteiger partial charge in [-0.2, -0.15) is 0 Å². The van der Waals surface area contributed by atoms with Crippen molar-refractivity contribution in [2.75, 3.05) is 20.8 Å². The Hall–Kier alpha value is -2.69. The van der Waals surface area contributed by atoms with Crippen LogP contribution in [-0.2, 0) is 11.3 Å². The van der Waals surface area contributed by atoms with E-state index in [4.69, 9.17) is 14.2 Å². The highest BCUT2D eigenvalue weighted by molar-refractivity contribution is 5.81. The smallest absolute Gasteiger partial charge is 0.267 e. The zero-order valence-electron chi connectivity index (χ0n) is 13.2. The van der Waals surface area contributed by atoms with Gasteiger partial charge >= 0.3 is 0 Å². The van der Waals surface area contributed by atoms with Crippen LogP contribution in [-0.4, -0.2) is 37.7 Å². The first-order valence-corrected chi connectivity index (χ1v) is 7.44. The Morgan fingerprint density at radius 2 is 1.87 bits per heavy atom. The van der Waals surface area contributed by atoms with E-state index in [-0.39, 0.29) is 12.5 Å². The van der Waals surface area contributed by atoms with E-state index < -0.39 is 6.10 Å². The standard InChI is InChI=1S/C18H19NO4/c1-19(11-13-7-9-14(21-2)10-8-13)18(20)17-12-22-15-5-3-4-6-16(15)23-17/h3-10,17H,11-12H2,1-2H3/t17-/m1/s1. The van der Waals surface area contributed by atoms with Crippen molar-refractivity contribution in [2.24, 2.45) is 0 Å². The monoisotopic (exact) mass is 313 g/mol. The number of nitrogens with zero attached hydrogens (tertiary/aromatic N) is 1. The van der Waals surface area contributed by atoms with Gasteiger partial charge in [-0.25, -0.2) is 0 Å². The van der Waals surface area contributed by atoms with E-state index in [1.165, 1.54) is 0 Å². The van der Waals surface area contributed by atoms with Gasteiger partial charge in [-0.15, -0.1) is 0 Å². The molecule has 1 aliphatic rings. The number of ether oxygens (including phenoxy) is 3. The molecule has 2 aromatic rings. The Bertz CT molecular complexity index is 684. The molecular formula is C18H19NO4. The highest BCUT2D eigenvalue weighted by atomic mass is 16.6. The van der Waals surface area contributed by atoms with E-state index in [0.29, 0.717) is 18.0 Å². The molecule has 0 radical (unpaired) electrons. The Morgan fingerprint density at radius 3 is 2.57 bits per heavy atom. The molecule has 1 atom stereocenters. The molecule has 0 unspecified atom stereocenters. The fraction of sp³-hybridized carbons (Fsp3) is 0.278. The second kappa shape index (κ2) is 6.60. The summed E-state index contributed by atoms with van der Waals surface area (Å²) in [6.45, 7) is 0.729. The summed E-state index contributed by atoms with van der Waals surface area (Å²) in [6.07, 6.45) is -0.617. The molecule has 2 aromatic carbocycles. The Balaban J connectivity index is 1.63. The average molecular weight is 313 g/mol. The van der Waals surface area contributed by atoms with Gasteiger partial charge in [0.25, 0.3) is 5.91 Å². The second-order valence-electron chi connectivity index (χ2n) is 5.41. The predicted molar refractivity (Wildman–Crippen MR) is 85.8 cm³/mol. The van der Waals surface area contributed by atoms with Crippen molar-refractivity contribution in [1.29, 1.82) is 0 Å². The topological polar surface area (TPSA) is 48.0 Å². The summed E-state index contributed by atoms with van der Waals surface area (Å²) in [5.74, 6) is 1.97. The Kier molecular flexibility index (Phi) is 4.37. The van der Waals surface area contributed by atoms with Crippen molar-refractivity contribution in [3.8, 4) is 17.2 Å². The van der Waals surface area contributed by atoms with Crippen LogP contribution in [0.1, 0.15) is 5.56 Å². The van der Waals surface area contributed by atoms with Crippen LogP contribution in [0.2, 0.25) is 0 Å². The lowest BCUT2D eigenvalue weighted by Crippen LogP contribution is -2.44. The first kappa shape index (κ1) is 15.2. The maximum atomic E-state index is 12.5. The minimum absolute atomic E-state index is 0.102. The number of rotatable bonds is 4. The Labute approximate surface area is 135 Å². The fourth-order valence-electron chi connectivity index (χ4n) is 2.47. The van der Waals surface area contributed by atoms with Crippen LogP contribution >= 0.6 is 0 Å². The first-order valence-electron chi connectivity index (χ1n) is 7.44. The lowest BCUT2D eigenvalue weighted by molar-refractivity contribution is -0.140. The zero-order chi connectivity index (χ0) is 16.2. The van der Waals surface area contributed by atoms with Crippen molar-refractivity contribution in [2.45, 2.75) is 12.6 Å². The summed E-state index contributed by atoms with van der Waals surface area (Å²) >= 11 is 0. The van der Waals surface area contributed by atoms with Crippen molar-refractivity contribution >= 4 is 5.91 Å². The third kappa shape index (κ3) is 3.39. The molecule has 120 valence electrons. The third-order valence-corrected chi connectivity index (χ3v) is 3.74. The fourth-order valence-corrected chi connectivity index (χ4v) is 2.47. The van der Waals surface area contributed by atoms with Gasteiger partial charge < -0.3 is 19.1 Å². The molecule has 1 heterocycles. The average Bonchev–Trinajstić information content (AvgIpc) is 2.61. The predicted octanol–water partition coefficient (Wildman–Crippen LogP) is 2.49. The first-order chi connectivity index (χ1) is 11.2. The molecular weight excluding hydrogens is 294 g/mol. The molecule has 0 spiro atoms. The van der Waals surface area contributed by atoms with Crippen LogP contribution in [0.25, 0.3) is 0 Å². The number of carbonyl (C=O) groups is 1. The van der Waals surface area contributed by atoms with Crippen LogP contribution in [0.4, 0.5) is 0 Å². The van der Waals surface area contributed by atoms with Crippen LogP contribution in [0.5, 0.6) is 17.2 Å². The molecule has 0 saturated heterocycles. The molecule has 0 aromatic heterocycles. The van der Waals surface area contributed by atoms with Gasteiger partial charge in [0.1, 0.15) is 12.4 Å². The molecule has 1 aliphatic heterocycles. The quantitative estimate of drug-likeness (QED) is 0.870. The molecule has 1 amide bonds. The van der Waals surface area contributed by atoms with Gasteiger partial charge in [-0.05, 0) is 29.8 Å². The van der Waals surface area contributed by atoms with E-state index in [9.17, 15) is 4.79 Å². The van der Waals surface area contributed by atoms with E-state index in [1.807, 2.05) is 42.5 Å². The van der Waals surface area contributed by atoms with Crippen molar-refractivity contribution in [1.82, 2.24) is 4.90 Å². The molecule has 0 bridgehead atoms. The van der Waals surface area contributed by atoms with Gasteiger partial charge in [0.15, 0.2) is 11.5 Å². The normalized spacial score (nSPS) is 15.8. The molecule has 3 rings (SSSR count). The van der Waals surface area contributed by atoms with E-state index in [1.54, 1.807) is 25.1 Å². The maximum absolute atomic E-state index is 12.5. The largest absolute Gasteiger partial charge is 0.497 e. The molecule has 5 nitrogen and oxygen atoms in total. The van der Waals surface area contributed by atoms with E-state index in [0.717, 1.165) is 11.3 Å². The second-order valence-corrected chi connectivity index (χ2v) is 5.41. The van der Waals surface area contributed by atoms with Gasteiger partial charge in [0, 0.05) is 13.6 Å². The van der Waals surface area contributed by atoms with Gasteiger partial charge in [0.05, 0.1) is 7.11 Å². The van der Waals surface area contributed by atoms with Gasteiger partial charge in [-0.1, -0.05) is 24.3 Å². The number of para-hydroxylation sites is 2. The summed E-state index contributed by atoms with van der Waals surface area (Å²) in [7, 11) is 3.39. The number of hydrogen-bond acceptors (Lipinski definition) is 4. The summed E-state index contributed by atoms with van der Waals surface area (Å²) in [5, 5.41) is 0. The summed E-state index contributed by atoms with van der Waals surface area (Å²) in [5.41, 5.74) is 1.03. The highest BCUT2D eigenvalue weighted by Crippen LogP contribution is 2.31. The zero-order valence-corrected chi connectivity index (χ0v) is 13.2. The van der Waals surface area contributed by atoms with E-state index >= 15 is 0 Å². The van der Waals surface area contributed by atoms with E-state index in [2.05, 4.69) is 0 Å². The highest BCUT2D eigenvalue weighted by Gasteiger charge is 2.29.